The number of rotatable bonds is 7. The number of fused-ring (bicyclic) bond motifs is 1. The zero-order valence-electron chi connectivity index (χ0n) is 20.5. The third-order valence-corrected chi connectivity index (χ3v) is 8.89. The van der Waals surface area contributed by atoms with E-state index in [0.717, 1.165) is 49.7 Å². The molecule has 2 aliphatic rings. The number of hydrogen-bond donors (Lipinski definition) is 1. The molecule has 0 bridgehead atoms. The van der Waals surface area contributed by atoms with E-state index in [1.165, 1.54) is 11.8 Å². The maximum atomic E-state index is 13.0. The Balaban J connectivity index is 1.29. The molecule has 1 spiro atoms. The van der Waals surface area contributed by atoms with Crippen molar-refractivity contribution in [3.05, 3.63) is 46.2 Å². The molecule has 3 aromatic rings. The average molecular weight is 531 g/mol. The van der Waals surface area contributed by atoms with E-state index in [4.69, 9.17) is 26.8 Å². The highest BCUT2D eigenvalue weighted by atomic mass is 35.5. The zero-order chi connectivity index (χ0) is 25.3. The number of anilines is 1. The summed E-state index contributed by atoms with van der Waals surface area (Å²) in [5, 5.41) is 1.50. The van der Waals surface area contributed by atoms with Crippen LogP contribution in [-0.4, -0.2) is 65.1 Å². The summed E-state index contributed by atoms with van der Waals surface area (Å²) in [5.41, 5.74) is 6.93. The van der Waals surface area contributed by atoms with Gasteiger partial charge >= 0.3 is 0 Å². The van der Waals surface area contributed by atoms with Crippen molar-refractivity contribution < 1.29 is 9.47 Å². The van der Waals surface area contributed by atoms with E-state index in [1.807, 2.05) is 12.1 Å². The van der Waals surface area contributed by atoms with E-state index in [2.05, 4.69) is 26.8 Å². The van der Waals surface area contributed by atoms with Crippen molar-refractivity contribution in [2.75, 3.05) is 38.3 Å². The lowest BCUT2D eigenvalue weighted by molar-refractivity contribution is 0.0974. The summed E-state index contributed by atoms with van der Waals surface area (Å²) in [6.07, 6.45) is 7.92. The molecule has 2 aromatic heterocycles. The van der Waals surface area contributed by atoms with Gasteiger partial charge < -0.3 is 20.1 Å². The molecule has 0 aliphatic carbocycles. The number of piperidine rings is 1. The zero-order valence-corrected chi connectivity index (χ0v) is 22.1. The predicted molar refractivity (Wildman–Crippen MR) is 141 cm³/mol. The van der Waals surface area contributed by atoms with E-state index < -0.39 is 0 Å². The molecule has 192 valence electrons. The van der Waals surface area contributed by atoms with Gasteiger partial charge in [0, 0.05) is 49.7 Å². The largest absolute Gasteiger partial charge is 0.385 e. The lowest BCUT2D eigenvalue weighted by Crippen LogP contribution is -2.50. The molecule has 9 nitrogen and oxygen atoms in total. The first-order valence-corrected chi connectivity index (χ1v) is 13.4. The summed E-state index contributed by atoms with van der Waals surface area (Å²) in [6, 6.07) is 3.76. The maximum absolute atomic E-state index is 13.0. The second-order valence-corrected chi connectivity index (χ2v) is 11.0. The van der Waals surface area contributed by atoms with Crippen LogP contribution in [0.25, 0.3) is 10.9 Å². The highest BCUT2D eigenvalue weighted by Gasteiger charge is 2.47. The molecule has 1 aromatic carbocycles. The minimum Gasteiger partial charge on any atom is -0.385 e. The van der Waals surface area contributed by atoms with Crippen molar-refractivity contribution in [2.45, 2.75) is 54.8 Å². The fourth-order valence-electron chi connectivity index (χ4n) is 5.10. The standard InChI is InChI=1S/C25H31ClN6O3S/c1-16-23(27)25(14-35-16)6-9-31(10-7-25)19-12-29-20(13-28-19)36-18-5-4-17-21(22(18)26)24(33)32(15-30-17)8-3-11-34-2/h4-5,12-13,15-16,23H,3,6-11,14,27H2,1-2H3/t16-,23+/m0/s1. The molecule has 4 heterocycles. The van der Waals surface area contributed by atoms with E-state index in [-0.39, 0.29) is 23.1 Å². The fraction of sp³-hybridized carbons (Fsp3) is 0.520. The molecule has 2 saturated heterocycles. The van der Waals surface area contributed by atoms with Crippen LogP contribution < -0.4 is 16.2 Å². The number of methoxy groups -OCH3 is 1. The average Bonchev–Trinajstić information content (AvgIpc) is 3.16. The fourth-order valence-corrected chi connectivity index (χ4v) is 6.22. The third kappa shape index (κ3) is 4.84. The Hall–Kier alpha value is -2.24. The highest BCUT2D eigenvalue weighted by Crippen LogP contribution is 2.42. The molecule has 2 atom stereocenters. The van der Waals surface area contributed by atoms with Gasteiger partial charge in [0.2, 0.25) is 0 Å². The lowest BCUT2D eigenvalue weighted by atomic mass is 9.73. The maximum Gasteiger partial charge on any atom is 0.262 e. The van der Waals surface area contributed by atoms with E-state index in [0.29, 0.717) is 34.1 Å². The molecule has 11 heteroatoms. The summed E-state index contributed by atoms with van der Waals surface area (Å²) in [4.78, 5) is 29.7. The third-order valence-electron chi connectivity index (χ3n) is 7.40. The Morgan fingerprint density at radius 1 is 1.25 bits per heavy atom. The van der Waals surface area contributed by atoms with Gasteiger partial charge in [0.05, 0.1) is 47.4 Å². The lowest BCUT2D eigenvalue weighted by Gasteiger charge is -2.41. The summed E-state index contributed by atoms with van der Waals surface area (Å²) in [6.45, 7) is 5.65. The Morgan fingerprint density at radius 2 is 2.06 bits per heavy atom. The normalized spacial score (nSPS) is 21.5. The smallest absolute Gasteiger partial charge is 0.262 e. The topological polar surface area (TPSA) is 108 Å². The SMILES string of the molecule is COCCCn1cnc2ccc(Sc3cnc(N4CCC5(CC4)CO[C@@H](C)[C@H]5N)cn3)c(Cl)c2c1=O. The van der Waals surface area contributed by atoms with E-state index >= 15 is 0 Å². The van der Waals surface area contributed by atoms with E-state index in [9.17, 15) is 4.79 Å². The minimum atomic E-state index is -0.158. The Morgan fingerprint density at radius 3 is 2.72 bits per heavy atom. The molecular formula is C25H31ClN6O3S. The van der Waals surface area contributed by atoms with Crippen LogP contribution in [0.5, 0.6) is 0 Å². The molecule has 0 unspecified atom stereocenters. The van der Waals surface area contributed by atoms with Crippen molar-refractivity contribution in [3.8, 4) is 0 Å². The summed E-state index contributed by atoms with van der Waals surface area (Å²) < 4.78 is 12.5. The molecule has 2 aliphatic heterocycles. The number of hydrogen-bond acceptors (Lipinski definition) is 9. The van der Waals surface area contributed by atoms with Crippen molar-refractivity contribution in [2.24, 2.45) is 11.1 Å². The van der Waals surface area contributed by atoms with Crippen molar-refractivity contribution in [1.29, 1.82) is 0 Å². The first kappa shape index (κ1) is 25.4. The van der Waals surface area contributed by atoms with Crippen LogP contribution in [0.2, 0.25) is 5.02 Å². The van der Waals surface area contributed by atoms with Gasteiger partial charge in [-0.25, -0.2) is 15.0 Å². The van der Waals surface area contributed by atoms with Crippen molar-refractivity contribution in [3.63, 3.8) is 0 Å². The first-order chi connectivity index (χ1) is 17.4. The number of nitrogens with two attached hydrogens (primary N) is 1. The van der Waals surface area contributed by atoms with Gasteiger partial charge in [-0.2, -0.15) is 0 Å². The van der Waals surface area contributed by atoms with Gasteiger partial charge in [0.25, 0.3) is 5.56 Å². The quantitative estimate of drug-likeness (QED) is 0.460. The van der Waals surface area contributed by atoms with E-state index in [1.54, 1.807) is 30.4 Å². The van der Waals surface area contributed by atoms with Crippen LogP contribution in [0, 0.1) is 5.41 Å². The molecular weight excluding hydrogens is 500 g/mol. The number of benzene rings is 1. The Labute approximate surface area is 219 Å². The molecule has 0 radical (unpaired) electrons. The molecule has 5 rings (SSSR count). The first-order valence-electron chi connectivity index (χ1n) is 12.2. The number of halogens is 1. The monoisotopic (exact) mass is 530 g/mol. The van der Waals surface area contributed by atoms with Crippen LogP contribution in [0.1, 0.15) is 26.2 Å². The van der Waals surface area contributed by atoms with Crippen LogP contribution >= 0.6 is 23.4 Å². The molecule has 2 N–H and O–H groups in total. The minimum absolute atomic E-state index is 0.0726. The van der Waals surface area contributed by atoms with Gasteiger partial charge in [-0.15, -0.1) is 0 Å². The van der Waals surface area contributed by atoms with Gasteiger partial charge in [-0.3, -0.25) is 9.36 Å². The summed E-state index contributed by atoms with van der Waals surface area (Å²) in [7, 11) is 1.64. The molecule has 36 heavy (non-hydrogen) atoms. The summed E-state index contributed by atoms with van der Waals surface area (Å²) >= 11 is 8.07. The number of aromatic nitrogens is 4. The van der Waals surface area contributed by atoms with Crippen molar-refractivity contribution >= 4 is 40.1 Å². The predicted octanol–water partition coefficient (Wildman–Crippen LogP) is 3.36. The highest BCUT2D eigenvalue weighted by molar-refractivity contribution is 7.99. The summed E-state index contributed by atoms with van der Waals surface area (Å²) in [5.74, 6) is 0.850. The van der Waals surface area contributed by atoms with Crippen LogP contribution in [0.3, 0.4) is 0 Å². The number of ether oxygens (including phenoxy) is 2. The van der Waals surface area contributed by atoms with Gasteiger partial charge in [-0.1, -0.05) is 23.4 Å². The second kappa shape index (κ2) is 10.6. The van der Waals surface area contributed by atoms with Crippen LogP contribution in [0.4, 0.5) is 5.82 Å². The number of aryl methyl sites for hydroxylation is 1. The second-order valence-electron chi connectivity index (χ2n) is 9.57. The van der Waals surface area contributed by atoms with Gasteiger partial charge in [-0.05, 0) is 38.3 Å². The van der Waals surface area contributed by atoms with Crippen LogP contribution in [0.15, 0.2) is 45.6 Å². The van der Waals surface area contributed by atoms with Gasteiger partial charge in [0.15, 0.2) is 0 Å². The Bertz CT molecular complexity index is 1280. The van der Waals surface area contributed by atoms with Crippen molar-refractivity contribution in [1.82, 2.24) is 19.5 Å². The van der Waals surface area contributed by atoms with Crippen LogP contribution in [-0.2, 0) is 16.0 Å². The molecule has 0 amide bonds. The molecule has 0 saturated carbocycles. The molecule has 2 fully saturated rings. The Kier molecular flexibility index (Phi) is 7.50. The van der Waals surface area contributed by atoms with Gasteiger partial charge in [0.1, 0.15) is 10.8 Å². The number of nitrogens with zero attached hydrogens (tertiary/aromatic N) is 5.